The predicted molar refractivity (Wildman–Crippen MR) is 48.7 cm³/mol. The molecule has 0 aliphatic heterocycles. The normalized spacial score (nSPS) is 10.9. The van der Waals surface area contributed by atoms with Crippen LogP contribution in [0.15, 0.2) is 23.6 Å². The summed E-state index contributed by atoms with van der Waals surface area (Å²) >= 11 is 7.24. The van der Waals surface area contributed by atoms with Gasteiger partial charge >= 0.3 is 0 Å². The van der Waals surface area contributed by atoms with Crippen LogP contribution in [0.25, 0.3) is 6.08 Å². The van der Waals surface area contributed by atoms with Crippen LogP contribution in [-0.4, -0.2) is 5.88 Å². The maximum Gasteiger partial charge on any atom is 0.0267 e. The molecule has 0 amide bonds. The van der Waals surface area contributed by atoms with Gasteiger partial charge in [0.05, 0.1) is 0 Å². The van der Waals surface area contributed by atoms with Gasteiger partial charge in [-0.1, -0.05) is 12.1 Å². The molecule has 0 nitrogen and oxygen atoms in total. The Morgan fingerprint density at radius 3 is 3.10 bits per heavy atom. The van der Waals surface area contributed by atoms with Crippen LogP contribution in [0, 0.1) is 0 Å². The van der Waals surface area contributed by atoms with Crippen molar-refractivity contribution in [3.05, 3.63) is 28.5 Å². The molecule has 0 fully saturated rings. The van der Waals surface area contributed by atoms with E-state index >= 15 is 0 Å². The Bertz CT molecular complexity index is 189. The molecule has 54 valence electrons. The van der Waals surface area contributed by atoms with Crippen LogP contribution in [0.3, 0.4) is 0 Å². The molecular formula is C8H9ClS. The van der Waals surface area contributed by atoms with Crippen molar-refractivity contribution in [3.63, 3.8) is 0 Å². The number of alkyl halides is 1. The molecule has 0 unspecified atom stereocenters. The molecule has 0 saturated heterocycles. The number of rotatable bonds is 3. The van der Waals surface area contributed by atoms with Crippen molar-refractivity contribution < 1.29 is 0 Å². The van der Waals surface area contributed by atoms with Gasteiger partial charge in [-0.25, -0.2) is 0 Å². The van der Waals surface area contributed by atoms with Crippen LogP contribution in [0.2, 0.25) is 0 Å². The van der Waals surface area contributed by atoms with Gasteiger partial charge in [-0.2, -0.15) is 0 Å². The molecule has 1 rings (SSSR count). The monoisotopic (exact) mass is 172 g/mol. The summed E-state index contributed by atoms with van der Waals surface area (Å²) in [5.41, 5.74) is 0. The third-order valence-corrected chi connectivity index (χ3v) is 2.16. The van der Waals surface area contributed by atoms with Gasteiger partial charge in [0.1, 0.15) is 0 Å². The average Bonchev–Trinajstić information content (AvgIpc) is 2.41. The summed E-state index contributed by atoms with van der Waals surface area (Å²) in [5, 5.41) is 2.07. The van der Waals surface area contributed by atoms with Crippen LogP contribution in [0.1, 0.15) is 11.3 Å². The van der Waals surface area contributed by atoms with Crippen molar-refractivity contribution in [3.8, 4) is 0 Å². The minimum Gasteiger partial charge on any atom is -0.144 e. The topological polar surface area (TPSA) is 0 Å². The van der Waals surface area contributed by atoms with E-state index in [1.54, 1.807) is 11.3 Å². The lowest BCUT2D eigenvalue weighted by Crippen LogP contribution is -1.64. The van der Waals surface area contributed by atoms with Crippen molar-refractivity contribution >= 4 is 29.0 Å². The molecule has 0 atom stereocenters. The molecule has 0 aliphatic carbocycles. The van der Waals surface area contributed by atoms with E-state index in [4.69, 9.17) is 11.6 Å². The van der Waals surface area contributed by atoms with Gasteiger partial charge in [0, 0.05) is 10.8 Å². The number of allylic oxidation sites excluding steroid dienone is 1. The van der Waals surface area contributed by atoms with Crippen molar-refractivity contribution in [1.29, 1.82) is 0 Å². The van der Waals surface area contributed by atoms with Crippen molar-refractivity contribution in [2.24, 2.45) is 0 Å². The SMILES string of the molecule is ClCCC=Cc1cccs1. The van der Waals surface area contributed by atoms with E-state index in [0.717, 1.165) is 6.42 Å². The Kier molecular flexibility index (Phi) is 3.55. The summed E-state index contributed by atoms with van der Waals surface area (Å²) in [7, 11) is 0. The molecule has 0 N–H and O–H groups in total. The third kappa shape index (κ3) is 2.54. The maximum atomic E-state index is 5.49. The Hall–Kier alpha value is -0.270. The first-order chi connectivity index (χ1) is 4.93. The molecule has 0 radical (unpaired) electrons. The minimum atomic E-state index is 0.710. The first-order valence-corrected chi connectivity index (χ1v) is 4.61. The smallest absolute Gasteiger partial charge is 0.0267 e. The molecule has 0 aliphatic rings. The van der Waals surface area contributed by atoms with E-state index in [1.807, 2.05) is 6.07 Å². The number of hydrogen-bond donors (Lipinski definition) is 0. The summed E-state index contributed by atoms with van der Waals surface area (Å²) in [6.45, 7) is 0. The quantitative estimate of drug-likeness (QED) is 0.614. The highest BCUT2D eigenvalue weighted by Crippen LogP contribution is 2.10. The zero-order valence-corrected chi connectivity index (χ0v) is 7.16. The van der Waals surface area contributed by atoms with Crippen LogP contribution >= 0.6 is 22.9 Å². The second kappa shape index (κ2) is 4.53. The van der Waals surface area contributed by atoms with Gasteiger partial charge in [0.15, 0.2) is 0 Å². The second-order valence-corrected chi connectivity index (χ2v) is 3.25. The molecule has 1 heterocycles. The van der Waals surface area contributed by atoms with E-state index in [9.17, 15) is 0 Å². The van der Waals surface area contributed by atoms with Gasteiger partial charge in [0.25, 0.3) is 0 Å². The average molecular weight is 173 g/mol. The van der Waals surface area contributed by atoms with E-state index in [1.165, 1.54) is 4.88 Å². The van der Waals surface area contributed by atoms with E-state index in [-0.39, 0.29) is 0 Å². The molecule has 10 heavy (non-hydrogen) atoms. The number of halogens is 1. The maximum absolute atomic E-state index is 5.49. The molecule has 1 aromatic heterocycles. The fraction of sp³-hybridized carbons (Fsp3) is 0.250. The molecule has 1 aromatic rings. The van der Waals surface area contributed by atoms with Crippen LogP contribution in [0.4, 0.5) is 0 Å². The number of thiophene rings is 1. The van der Waals surface area contributed by atoms with Crippen LogP contribution in [0.5, 0.6) is 0 Å². The first kappa shape index (κ1) is 7.83. The van der Waals surface area contributed by atoms with E-state index < -0.39 is 0 Å². The largest absolute Gasteiger partial charge is 0.144 e. The van der Waals surface area contributed by atoms with Crippen LogP contribution in [-0.2, 0) is 0 Å². The standard InChI is InChI=1S/C8H9ClS/c9-6-2-1-4-8-5-3-7-10-8/h1,3-5,7H,2,6H2. The summed E-state index contributed by atoms with van der Waals surface area (Å²) in [4.78, 5) is 1.30. The molecule has 0 spiro atoms. The van der Waals surface area contributed by atoms with Crippen LogP contribution < -0.4 is 0 Å². The van der Waals surface area contributed by atoms with Crippen molar-refractivity contribution in [1.82, 2.24) is 0 Å². The summed E-state index contributed by atoms with van der Waals surface area (Å²) in [5.74, 6) is 0.710. The van der Waals surface area contributed by atoms with Crippen molar-refractivity contribution in [2.75, 3.05) is 5.88 Å². The second-order valence-electron chi connectivity index (χ2n) is 1.90. The molecule has 0 bridgehead atoms. The number of hydrogen-bond acceptors (Lipinski definition) is 1. The predicted octanol–water partition coefficient (Wildman–Crippen LogP) is 3.39. The fourth-order valence-electron chi connectivity index (χ4n) is 0.649. The highest BCUT2D eigenvalue weighted by molar-refractivity contribution is 7.10. The highest BCUT2D eigenvalue weighted by Gasteiger charge is 1.83. The molecular weight excluding hydrogens is 164 g/mol. The molecule has 2 heteroatoms. The zero-order valence-electron chi connectivity index (χ0n) is 5.59. The van der Waals surface area contributed by atoms with Gasteiger partial charge in [-0.3, -0.25) is 0 Å². The molecule has 0 aromatic carbocycles. The fourth-order valence-corrected chi connectivity index (χ4v) is 1.42. The lowest BCUT2D eigenvalue weighted by Gasteiger charge is -1.81. The Morgan fingerprint density at radius 2 is 2.50 bits per heavy atom. The van der Waals surface area contributed by atoms with Gasteiger partial charge in [0.2, 0.25) is 0 Å². The van der Waals surface area contributed by atoms with Gasteiger partial charge in [-0.05, 0) is 23.9 Å². The van der Waals surface area contributed by atoms with Crippen molar-refractivity contribution in [2.45, 2.75) is 6.42 Å². The Balaban J connectivity index is 2.40. The summed E-state index contributed by atoms with van der Waals surface area (Å²) < 4.78 is 0. The van der Waals surface area contributed by atoms with Gasteiger partial charge < -0.3 is 0 Å². The highest BCUT2D eigenvalue weighted by atomic mass is 35.5. The Morgan fingerprint density at radius 1 is 1.60 bits per heavy atom. The van der Waals surface area contributed by atoms with E-state index in [0.29, 0.717) is 5.88 Å². The first-order valence-electron chi connectivity index (χ1n) is 3.19. The van der Waals surface area contributed by atoms with E-state index in [2.05, 4.69) is 23.6 Å². The Labute approximate surface area is 70.1 Å². The zero-order chi connectivity index (χ0) is 7.23. The third-order valence-electron chi connectivity index (χ3n) is 1.10. The van der Waals surface area contributed by atoms with Gasteiger partial charge in [-0.15, -0.1) is 22.9 Å². The summed E-state index contributed by atoms with van der Waals surface area (Å²) in [6, 6.07) is 4.14. The molecule has 0 saturated carbocycles. The summed E-state index contributed by atoms with van der Waals surface area (Å²) in [6.07, 6.45) is 5.16. The lowest BCUT2D eigenvalue weighted by molar-refractivity contribution is 1.25. The minimum absolute atomic E-state index is 0.710. The lowest BCUT2D eigenvalue weighted by atomic mass is 10.4.